The van der Waals surface area contributed by atoms with Crippen molar-refractivity contribution in [1.82, 2.24) is 4.90 Å². The summed E-state index contributed by atoms with van der Waals surface area (Å²) in [5, 5.41) is 14.4. The molecule has 1 amide bonds. The Labute approximate surface area is 129 Å². The molecular weight excluding hydrogens is 286 g/mol. The summed E-state index contributed by atoms with van der Waals surface area (Å²) in [5.41, 5.74) is 0.857. The van der Waals surface area contributed by atoms with Gasteiger partial charge in [0, 0.05) is 26.1 Å². The topological polar surface area (TPSA) is 49.8 Å². The molecule has 0 aromatic carbocycles. The number of aliphatic hydroxyl groups is 1. The van der Waals surface area contributed by atoms with Crippen LogP contribution in [0.3, 0.4) is 0 Å². The summed E-state index contributed by atoms with van der Waals surface area (Å²) in [7, 11) is 0. The maximum absolute atomic E-state index is 12.3. The molecule has 5 heteroatoms. The van der Waals surface area contributed by atoms with Gasteiger partial charge in [-0.25, -0.2) is 0 Å². The number of ether oxygens (including phenoxy) is 1. The van der Waals surface area contributed by atoms with E-state index in [2.05, 4.69) is 11.4 Å². The molecule has 1 aromatic rings. The quantitative estimate of drug-likeness (QED) is 0.931. The van der Waals surface area contributed by atoms with Gasteiger partial charge in [0.1, 0.15) is 0 Å². The minimum atomic E-state index is -0.387. The molecule has 2 fully saturated rings. The Kier molecular flexibility index (Phi) is 4.62. The van der Waals surface area contributed by atoms with Gasteiger partial charge in [-0.05, 0) is 54.5 Å². The van der Waals surface area contributed by atoms with Crippen LogP contribution in [0.25, 0.3) is 0 Å². The van der Waals surface area contributed by atoms with E-state index >= 15 is 0 Å². The second-order valence-corrected chi connectivity index (χ2v) is 6.86. The molecule has 0 unspecified atom stereocenters. The molecule has 0 radical (unpaired) electrons. The first kappa shape index (κ1) is 15.0. The summed E-state index contributed by atoms with van der Waals surface area (Å²) >= 11 is 1.67. The van der Waals surface area contributed by atoms with E-state index in [1.54, 1.807) is 11.3 Å². The number of hydrogen-bond acceptors (Lipinski definition) is 4. The smallest absolute Gasteiger partial charge is 0.222 e. The van der Waals surface area contributed by atoms with Gasteiger partial charge in [-0.3, -0.25) is 4.79 Å². The normalized spacial score (nSPS) is 25.2. The van der Waals surface area contributed by atoms with Gasteiger partial charge < -0.3 is 14.7 Å². The summed E-state index contributed by atoms with van der Waals surface area (Å²) in [6, 6.07) is 2.08. The standard InChI is InChI=1S/C16H23NO3S/c18-14-2-1-10-20-16(14)6-8-17(9-7-16)15(19)4-3-13-5-11-21-12-13/h5,11-12,14,18H,1-4,6-10H2/t14-/m0/s1. The predicted octanol–water partition coefficient (Wildman–Crippen LogP) is 2.21. The van der Waals surface area contributed by atoms with Crippen LogP contribution in [0, 0.1) is 0 Å². The van der Waals surface area contributed by atoms with E-state index in [4.69, 9.17) is 4.74 Å². The van der Waals surface area contributed by atoms with Crippen LogP contribution in [-0.4, -0.2) is 47.3 Å². The van der Waals surface area contributed by atoms with Crippen molar-refractivity contribution >= 4 is 17.2 Å². The van der Waals surface area contributed by atoms with E-state index in [0.29, 0.717) is 19.5 Å². The van der Waals surface area contributed by atoms with E-state index in [0.717, 1.165) is 38.7 Å². The number of aryl methyl sites for hydroxylation is 1. The van der Waals surface area contributed by atoms with E-state index in [-0.39, 0.29) is 17.6 Å². The first-order chi connectivity index (χ1) is 10.2. The molecule has 0 aliphatic carbocycles. The van der Waals surface area contributed by atoms with Gasteiger partial charge in [-0.1, -0.05) is 0 Å². The van der Waals surface area contributed by atoms with Crippen molar-refractivity contribution in [2.24, 2.45) is 0 Å². The van der Waals surface area contributed by atoms with E-state index in [1.807, 2.05) is 10.3 Å². The Bertz CT molecular complexity index is 466. The van der Waals surface area contributed by atoms with E-state index in [1.165, 1.54) is 5.56 Å². The molecule has 116 valence electrons. The van der Waals surface area contributed by atoms with Crippen LogP contribution in [0.15, 0.2) is 16.8 Å². The molecule has 2 aliphatic heterocycles. The number of rotatable bonds is 3. The fraction of sp³-hybridized carbons (Fsp3) is 0.688. The highest BCUT2D eigenvalue weighted by molar-refractivity contribution is 7.07. The highest BCUT2D eigenvalue weighted by atomic mass is 32.1. The fourth-order valence-electron chi connectivity index (χ4n) is 3.37. The van der Waals surface area contributed by atoms with E-state index in [9.17, 15) is 9.90 Å². The van der Waals surface area contributed by atoms with Gasteiger partial charge in [-0.15, -0.1) is 0 Å². The number of thiophene rings is 1. The van der Waals surface area contributed by atoms with Crippen LogP contribution in [0.1, 0.15) is 37.7 Å². The number of carbonyl (C=O) groups excluding carboxylic acids is 1. The van der Waals surface area contributed by atoms with Crippen molar-refractivity contribution in [3.8, 4) is 0 Å². The van der Waals surface area contributed by atoms with Crippen LogP contribution in [0.2, 0.25) is 0 Å². The zero-order valence-corrected chi connectivity index (χ0v) is 13.1. The lowest BCUT2D eigenvalue weighted by Crippen LogP contribution is -2.56. The van der Waals surface area contributed by atoms with Crippen molar-refractivity contribution in [2.45, 2.75) is 50.2 Å². The number of piperidine rings is 1. The molecule has 3 rings (SSSR count). The highest BCUT2D eigenvalue weighted by Gasteiger charge is 2.44. The lowest BCUT2D eigenvalue weighted by atomic mass is 9.82. The molecule has 4 nitrogen and oxygen atoms in total. The minimum Gasteiger partial charge on any atom is -0.390 e. The second-order valence-electron chi connectivity index (χ2n) is 6.08. The number of nitrogens with zero attached hydrogens (tertiary/aromatic N) is 1. The number of carbonyl (C=O) groups is 1. The molecule has 0 saturated carbocycles. The fourth-order valence-corrected chi connectivity index (χ4v) is 4.07. The van der Waals surface area contributed by atoms with Gasteiger partial charge in [0.15, 0.2) is 0 Å². The maximum atomic E-state index is 12.3. The van der Waals surface area contributed by atoms with Crippen LogP contribution in [0.5, 0.6) is 0 Å². The van der Waals surface area contributed by atoms with Crippen LogP contribution >= 0.6 is 11.3 Å². The van der Waals surface area contributed by atoms with Crippen LogP contribution in [-0.2, 0) is 16.0 Å². The molecule has 2 aliphatic rings. The summed E-state index contributed by atoms with van der Waals surface area (Å²) in [6.45, 7) is 2.15. The average molecular weight is 309 g/mol. The molecule has 2 saturated heterocycles. The summed E-state index contributed by atoms with van der Waals surface area (Å²) < 4.78 is 5.88. The Balaban J connectivity index is 1.49. The number of likely N-dealkylation sites (tertiary alicyclic amines) is 1. The third-order valence-electron chi connectivity index (χ3n) is 4.79. The zero-order chi connectivity index (χ0) is 14.7. The summed E-state index contributed by atoms with van der Waals surface area (Å²) in [6.07, 6.45) is 4.32. The molecule has 3 heterocycles. The van der Waals surface area contributed by atoms with Crippen molar-refractivity contribution in [3.63, 3.8) is 0 Å². The zero-order valence-electron chi connectivity index (χ0n) is 12.3. The van der Waals surface area contributed by atoms with Crippen LogP contribution in [0.4, 0.5) is 0 Å². The predicted molar refractivity (Wildman–Crippen MR) is 82.4 cm³/mol. The lowest BCUT2D eigenvalue weighted by Gasteiger charge is -2.46. The van der Waals surface area contributed by atoms with Gasteiger partial charge in [0.2, 0.25) is 5.91 Å². The molecule has 1 atom stereocenters. The molecule has 21 heavy (non-hydrogen) atoms. The summed E-state index contributed by atoms with van der Waals surface area (Å²) in [5.74, 6) is 0.223. The Morgan fingerprint density at radius 2 is 2.29 bits per heavy atom. The van der Waals surface area contributed by atoms with Gasteiger partial charge in [-0.2, -0.15) is 11.3 Å². The van der Waals surface area contributed by atoms with E-state index < -0.39 is 0 Å². The van der Waals surface area contributed by atoms with Gasteiger partial charge in [0.25, 0.3) is 0 Å². The van der Waals surface area contributed by atoms with Gasteiger partial charge in [0.05, 0.1) is 11.7 Å². The minimum absolute atomic E-state index is 0.223. The Hall–Kier alpha value is -0.910. The number of hydrogen-bond donors (Lipinski definition) is 1. The first-order valence-electron chi connectivity index (χ1n) is 7.80. The largest absolute Gasteiger partial charge is 0.390 e. The number of amides is 1. The molecular formula is C16H23NO3S. The second kappa shape index (κ2) is 6.46. The SMILES string of the molecule is O=C(CCc1ccsc1)N1CCC2(CC1)OCCC[C@@H]2O. The molecule has 1 spiro atoms. The van der Waals surface area contributed by atoms with Crippen molar-refractivity contribution in [3.05, 3.63) is 22.4 Å². The summed E-state index contributed by atoms with van der Waals surface area (Å²) in [4.78, 5) is 14.2. The van der Waals surface area contributed by atoms with Crippen molar-refractivity contribution < 1.29 is 14.6 Å². The Morgan fingerprint density at radius 3 is 2.95 bits per heavy atom. The third-order valence-corrected chi connectivity index (χ3v) is 5.52. The molecule has 1 aromatic heterocycles. The maximum Gasteiger partial charge on any atom is 0.222 e. The number of aliphatic hydroxyl groups excluding tert-OH is 1. The average Bonchev–Trinajstić information content (AvgIpc) is 3.02. The van der Waals surface area contributed by atoms with Crippen molar-refractivity contribution in [1.29, 1.82) is 0 Å². The van der Waals surface area contributed by atoms with Crippen LogP contribution < -0.4 is 0 Å². The molecule has 0 bridgehead atoms. The van der Waals surface area contributed by atoms with Gasteiger partial charge >= 0.3 is 0 Å². The lowest BCUT2D eigenvalue weighted by molar-refractivity contribution is -0.179. The molecule has 1 N–H and O–H groups in total. The van der Waals surface area contributed by atoms with Crippen molar-refractivity contribution in [2.75, 3.05) is 19.7 Å². The Morgan fingerprint density at radius 1 is 1.48 bits per heavy atom. The monoisotopic (exact) mass is 309 g/mol. The highest BCUT2D eigenvalue weighted by Crippen LogP contribution is 2.35. The first-order valence-corrected chi connectivity index (χ1v) is 8.75. The third kappa shape index (κ3) is 3.30.